The largest absolute Gasteiger partial charge is 0.237 e. The molecule has 0 radical (unpaired) electrons. The summed E-state index contributed by atoms with van der Waals surface area (Å²) < 4.78 is 14.3. The van der Waals surface area contributed by atoms with Gasteiger partial charge in [-0.05, 0) is 42.9 Å². The molecule has 0 aromatic heterocycles. The van der Waals surface area contributed by atoms with Gasteiger partial charge in [0.15, 0.2) is 0 Å². The Labute approximate surface area is 127 Å². The van der Waals surface area contributed by atoms with Crippen LogP contribution in [0.4, 0.5) is 0 Å². The highest BCUT2D eigenvalue weighted by Crippen LogP contribution is 2.17. The van der Waals surface area contributed by atoms with Crippen molar-refractivity contribution in [2.75, 3.05) is 13.1 Å². The van der Waals surface area contributed by atoms with Crippen LogP contribution >= 0.6 is 0 Å². The molecule has 2 nitrogen and oxygen atoms in total. The van der Waals surface area contributed by atoms with Crippen LogP contribution in [0, 0.1) is 5.92 Å². The van der Waals surface area contributed by atoms with Crippen LogP contribution < -0.4 is 0 Å². The summed E-state index contributed by atoms with van der Waals surface area (Å²) in [6.45, 7) is 10.6. The zero-order valence-electron chi connectivity index (χ0n) is 13.4. The van der Waals surface area contributed by atoms with Crippen LogP contribution in [0.25, 0.3) is 0 Å². The van der Waals surface area contributed by atoms with E-state index in [4.69, 9.17) is 0 Å². The maximum absolute atomic E-state index is 12.2. The lowest BCUT2D eigenvalue weighted by atomic mass is 10.2. The number of hydrogen-bond donors (Lipinski definition) is 0. The van der Waals surface area contributed by atoms with Gasteiger partial charge in [0.2, 0.25) is 0 Å². The first kappa shape index (κ1) is 17.4. The van der Waals surface area contributed by atoms with E-state index in [9.17, 15) is 4.21 Å². The molecule has 3 heteroatoms. The fraction of sp³-hybridized carbons (Fsp3) is 0.647. The molecule has 1 unspecified atom stereocenters. The molecule has 1 atom stereocenters. The summed E-state index contributed by atoms with van der Waals surface area (Å²) in [6, 6.07) is 8.17. The van der Waals surface area contributed by atoms with E-state index in [1.807, 2.05) is 12.1 Å². The van der Waals surface area contributed by atoms with Crippen LogP contribution in [-0.4, -0.2) is 21.6 Å². The third-order valence-electron chi connectivity index (χ3n) is 3.08. The third kappa shape index (κ3) is 6.19. The molecule has 114 valence electrons. The van der Waals surface area contributed by atoms with Crippen molar-refractivity contribution in [2.45, 2.75) is 58.3 Å². The van der Waals surface area contributed by atoms with E-state index >= 15 is 0 Å². The molecule has 1 aliphatic rings. The van der Waals surface area contributed by atoms with Crippen LogP contribution in [0.3, 0.4) is 0 Å². The molecule has 1 aliphatic heterocycles. The van der Waals surface area contributed by atoms with Crippen molar-refractivity contribution in [1.29, 1.82) is 0 Å². The standard InChI is InChI=1S/C13H19NOS.C4H10/c1-2-12-6-8-13(9-7-12)16(15)14-10-4-3-5-11-14;1-4(2)3/h6-9H,2-5,10-11H2,1H3;4H,1-3H3. The van der Waals surface area contributed by atoms with Gasteiger partial charge in [0.25, 0.3) is 0 Å². The van der Waals surface area contributed by atoms with E-state index < -0.39 is 11.0 Å². The summed E-state index contributed by atoms with van der Waals surface area (Å²) in [6.07, 6.45) is 4.68. The molecule has 20 heavy (non-hydrogen) atoms. The van der Waals surface area contributed by atoms with E-state index in [1.54, 1.807) is 0 Å². The number of piperidine rings is 1. The first-order valence-electron chi connectivity index (χ1n) is 7.80. The Morgan fingerprint density at radius 1 is 1.05 bits per heavy atom. The van der Waals surface area contributed by atoms with Gasteiger partial charge in [0.1, 0.15) is 11.0 Å². The van der Waals surface area contributed by atoms with Gasteiger partial charge in [0, 0.05) is 13.1 Å². The van der Waals surface area contributed by atoms with E-state index in [-0.39, 0.29) is 0 Å². The van der Waals surface area contributed by atoms with Crippen molar-refractivity contribution in [3.05, 3.63) is 29.8 Å². The zero-order chi connectivity index (χ0) is 15.0. The molecule has 0 spiro atoms. The minimum atomic E-state index is -0.947. The zero-order valence-corrected chi connectivity index (χ0v) is 14.2. The average Bonchev–Trinajstić information content (AvgIpc) is 2.47. The molecule has 0 amide bonds. The number of aryl methyl sites for hydroxylation is 1. The minimum absolute atomic E-state index is 0.833. The Morgan fingerprint density at radius 2 is 1.55 bits per heavy atom. The molecule has 1 aromatic rings. The summed E-state index contributed by atoms with van der Waals surface area (Å²) in [5.41, 5.74) is 1.30. The molecule has 0 aliphatic carbocycles. The molecule has 0 bridgehead atoms. The van der Waals surface area contributed by atoms with Crippen molar-refractivity contribution in [3.8, 4) is 0 Å². The quantitative estimate of drug-likeness (QED) is 0.808. The average molecular weight is 295 g/mol. The maximum Gasteiger partial charge on any atom is 0.127 e. The van der Waals surface area contributed by atoms with Crippen LogP contribution in [-0.2, 0) is 17.4 Å². The third-order valence-corrected chi connectivity index (χ3v) is 4.59. The van der Waals surface area contributed by atoms with Gasteiger partial charge in [-0.15, -0.1) is 0 Å². The Morgan fingerprint density at radius 3 is 2.00 bits per heavy atom. The predicted molar refractivity (Wildman–Crippen MR) is 88.2 cm³/mol. The summed E-state index contributed by atoms with van der Waals surface area (Å²) >= 11 is 0. The van der Waals surface area contributed by atoms with Gasteiger partial charge in [-0.2, -0.15) is 0 Å². The van der Waals surface area contributed by atoms with Crippen molar-refractivity contribution in [2.24, 2.45) is 5.92 Å². The van der Waals surface area contributed by atoms with Gasteiger partial charge < -0.3 is 0 Å². The summed E-state index contributed by atoms with van der Waals surface area (Å²) in [5.74, 6) is 0.833. The number of rotatable bonds is 3. The smallest absolute Gasteiger partial charge is 0.127 e. The van der Waals surface area contributed by atoms with E-state index in [0.717, 1.165) is 30.3 Å². The second kappa shape index (κ2) is 9.30. The Kier molecular flexibility index (Phi) is 8.08. The second-order valence-electron chi connectivity index (χ2n) is 5.97. The molecule has 1 fully saturated rings. The summed E-state index contributed by atoms with van der Waals surface area (Å²) in [5, 5.41) is 0. The highest BCUT2D eigenvalue weighted by atomic mass is 32.2. The molecule has 0 saturated carbocycles. The Balaban J connectivity index is 0.000000444. The molecule has 2 rings (SSSR count). The number of nitrogens with zero attached hydrogens (tertiary/aromatic N) is 1. The monoisotopic (exact) mass is 295 g/mol. The van der Waals surface area contributed by atoms with Gasteiger partial charge in [-0.25, -0.2) is 8.51 Å². The van der Waals surface area contributed by atoms with Crippen LogP contribution in [0.2, 0.25) is 0 Å². The number of hydrogen-bond acceptors (Lipinski definition) is 1. The second-order valence-corrected chi connectivity index (χ2v) is 7.45. The van der Waals surface area contributed by atoms with Crippen LogP contribution in [0.1, 0.15) is 52.5 Å². The van der Waals surface area contributed by atoms with Crippen molar-refractivity contribution < 1.29 is 4.21 Å². The Hall–Kier alpha value is -0.670. The van der Waals surface area contributed by atoms with Crippen molar-refractivity contribution in [3.63, 3.8) is 0 Å². The lowest BCUT2D eigenvalue weighted by molar-refractivity contribution is 0.365. The van der Waals surface area contributed by atoms with Crippen LogP contribution in [0.5, 0.6) is 0 Å². The summed E-state index contributed by atoms with van der Waals surface area (Å²) in [7, 11) is -0.947. The first-order chi connectivity index (χ1) is 9.54. The fourth-order valence-corrected chi connectivity index (χ4v) is 3.28. The molecule has 1 aromatic carbocycles. The maximum atomic E-state index is 12.2. The lowest BCUT2D eigenvalue weighted by Gasteiger charge is -2.25. The number of benzene rings is 1. The lowest BCUT2D eigenvalue weighted by Crippen LogP contribution is -2.31. The van der Waals surface area contributed by atoms with Crippen LogP contribution in [0.15, 0.2) is 29.2 Å². The van der Waals surface area contributed by atoms with Gasteiger partial charge in [-0.1, -0.05) is 46.2 Å². The molecular weight excluding hydrogens is 266 g/mol. The highest BCUT2D eigenvalue weighted by Gasteiger charge is 2.17. The van der Waals surface area contributed by atoms with Gasteiger partial charge in [0.05, 0.1) is 4.90 Å². The highest BCUT2D eigenvalue weighted by molar-refractivity contribution is 7.82. The van der Waals surface area contributed by atoms with Crippen molar-refractivity contribution in [1.82, 2.24) is 4.31 Å². The first-order valence-corrected chi connectivity index (χ1v) is 8.91. The fourth-order valence-electron chi connectivity index (χ4n) is 2.02. The van der Waals surface area contributed by atoms with E-state index in [0.29, 0.717) is 0 Å². The topological polar surface area (TPSA) is 20.3 Å². The normalized spacial score (nSPS) is 17.4. The molecule has 0 N–H and O–H groups in total. The predicted octanol–water partition coefficient (Wildman–Crippen LogP) is 4.42. The van der Waals surface area contributed by atoms with Gasteiger partial charge >= 0.3 is 0 Å². The SMILES string of the molecule is CC(C)C.CCc1ccc(S(=O)N2CCCCC2)cc1. The molecule has 1 saturated heterocycles. The molecule has 1 heterocycles. The Bertz CT molecular complexity index is 391. The van der Waals surface area contributed by atoms with Gasteiger partial charge in [-0.3, -0.25) is 0 Å². The molecular formula is C17H29NOS. The minimum Gasteiger partial charge on any atom is -0.237 e. The van der Waals surface area contributed by atoms with Crippen molar-refractivity contribution >= 4 is 11.0 Å². The van der Waals surface area contributed by atoms with E-state index in [1.165, 1.54) is 24.8 Å². The van der Waals surface area contributed by atoms with E-state index in [2.05, 4.69) is 44.1 Å². The summed E-state index contributed by atoms with van der Waals surface area (Å²) in [4.78, 5) is 0.944.